The van der Waals surface area contributed by atoms with Crippen molar-refractivity contribution in [3.63, 3.8) is 0 Å². The first-order valence-electron chi connectivity index (χ1n) is 4.96. The summed E-state index contributed by atoms with van der Waals surface area (Å²) in [5.41, 5.74) is 1.90. The zero-order valence-electron chi connectivity index (χ0n) is 8.96. The van der Waals surface area contributed by atoms with Crippen LogP contribution >= 0.6 is 0 Å². The number of rotatable bonds is 4. The van der Waals surface area contributed by atoms with Crippen LogP contribution in [0.2, 0.25) is 0 Å². The van der Waals surface area contributed by atoms with Crippen LogP contribution in [0.25, 0.3) is 0 Å². The van der Waals surface area contributed by atoms with Gasteiger partial charge in [-0.2, -0.15) is 0 Å². The molecule has 0 aliphatic heterocycles. The van der Waals surface area contributed by atoms with Crippen molar-refractivity contribution in [3.05, 3.63) is 35.1 Å². The number of hydrogen-bond acceptors (Lipinski definition) is 1. The van der Waals surface area contributed by atoms with Gasteiger partial charge in [0, 0.05) is 6.42 Å². The first kappa shape index (κ1) is 11.7. The van der Waals surface area contributed by atoms with Gasteiger partial charge in [-0.25, -0.2) is 4.39 Å². The van der Waals surface area contributed by atoms with Gasteiger partial charge in [-0.1, -0.05) is 13.0 Å². The number of carbonyl (C=O) groups is 1. The third-order valence-electron chi connectivity index (χ3n) is 2.40. The Kier molecular flexibility index (Phi) is 3.83. The molecule has 1 rings (SSSR count). The van der Waals surface area contributed by atoms with E-state index in [-0.39, 0.29) is 18.2 Å². The van der Waals surface area contributed by atoms with Gasteiger partial charge in [-0.3, -0.25) is 4.79 Å². The summed E-state index contributed by atoms with van der Waals surface area (Å²) < 4.78 is 12.8. The Labute approximate surface area is 88.7 Å². The Bertz CT molecular complexity index is 361. The summed E-state index contributed by atoms with van der Waals surface area (Å²) in [5.74, 6) is -0.962. The average Bonchev–Trinajstić information content (AvgIpc) is 2.08. The van der Waals surface area contributed by atoms with Gasteiger partial charge in [0.1, 0.15) is 5.82 Å². The second kappa shape index (κ2) is 4.91. The highest BCUT2D eigenvalue weighted by atomic mass is 19.1. The van der Waals surface area contributed by atoms with Crippen molar-refractivity contribution in [1.82, 2.24) is 0 Å². The number of aliphatic carboxylic acids is 1. The van der Waals surface area contributed by atoms with Gasteiger partial charge in [-0.05, 0) is 42.5 Å². The highest BCUT2D eigenvalue weighted by Gasteiger charge is 2.10. The van der Waals surface area contributed by atoms with Crippen LogP contribution in [-0.2, 0) is 11.2 Å². The number of hydrogen-bond donors (Lipinski definition) is 1. The summed E-state index contributed by atoms with van der Waals surface area (Å²) in [7, 11) is 0. The van der Waals surface area contributed by atoms with Crippen molar-refractivity contribution in [1.29, 1.82) is 0 Å². The maximum atomic E-state index is 12.8. The monoisotopic (exact) mass is 210 g/mol. The van der Waals surface area contributed by atoms with Crippen molar-refractivity contribution < 1.29 is 14.3 Å². The highest BCUT2D eigenvalue weighted by molar-refractivity contribution is 5.67. The summed E-state index contributed by atoms with van der Waals surface area (Å²) in [5, 5.41) is 8.62. The quantitative estimate of drug-likeness (QED) is 0.829. The maximum Gasteiger partial charge on any atom is 0.303 e. The summed E-state index contributed by atoms with van der Waals surface area (Å²) in [6.07, 6.45) is 0.829. The van der Waals surface area contributed by atoms with E-state index in [0.717, 1.165) is 11.1 Å². The first-order chi connectivity index (χ1) is 6.99. The summed E-state index contributed by atoms with van der Waals surface area (Å²) in [6.45, 7) is 3.73. The molecule has 3 heteroatoms. The molecule has 1 N–H and O–H groups in total. The van der Waals surface area contributed by atoms with Crippen molar-refractivity contribution >= 4 is 5.97 Å². The predicted octanol–water partition coefficient (Wildman–Crippen LogP) is 2.79. The van der Waals surface area contributed by atoms with Gasteiger partial charge in [0.2, 0.25) is 0 Å². The van der Waals surface area contributed by atoms with Gasteiger partial charge in [0.05, 0.1) is 0 Å². The minimum Gasteiger partial charge on any atom is -0.481 e. The highest BCUT2D eigenvalue weighted by Crippen LogP contribution is 2.16. The molecule has 15 heavy (non-hydrogen) atoms. The molecule has 0 heterocycles. The molecule has 1 unspecified atom stereocenters. The van der Waals surface area contributed by atoms with Crippen molar-refractivity contribution in [2.75, 3.05) is 0 Å². The van der Waals surface area contributed by atoms with Crippen LogP contribution in [0.3, 0.4) is 0 Å². The van der Waals surface area contributed by atoms with Crippen LogP contribution in [0.15, 0.2) is 18.2 Å². The van der Waals surface area contributed by atoms with Crippen molar-refractivity contribution in [2.45, 2.75) is 26.7 Å². The Hall–Kier alpha value is -1.38. The average molecular weight is 210 g/mol. The molecule has 1 aromatic carbocycles. The van der Waals surface area contributed by atoms with Gasteiger partial charge in [0.15, 0.2) is 0 Å². The molecule has 0 fully saturated rings. The lowest BCUT2D eigenvalue weighted by Crippen LogP contribution is -2.07. The predicted molar refractivity (Wildman–Crippen MR) is 56.3 cm³/mol. The van der Waals surface area contributed by atoms with Crippen LogP contribution in [-0.4, -0.2) is 11.1 Å². The number of halogens is 1. The fourth-order valence-electron chi connectivity index (χ4n) is 1.63. The molecule has 0 aliphatic carbocycles. The van der Waals surface area contributed by atoms with Gasteiger partial charge >= 0.3 is 5.97 Å². The molecule has 0 saturated heterocycles. The normalized spacial score (nSPS) is 12.5. The molecule has 1 atom stereocenters. The molecule has 0 aromatic heterocycles. The summed E-state index contributed by atoms with van der Waals surface area (Å²) >= 11 is 0. The fourth-order valence-corrected chi connectivity index (χ4v) is 1.63. The van der Waals surface area contributed by atoms with Crippen LogP contribution < -0.4 is 0 Å². The van der Waals surface area contributed by atoms with E-state index in [4.69, 9.17) is 5.11 Å². The minimum absolute atomic E-state index is 0.0756. The van der Waals surface area contributed by atoms with Crippen LogP contribution in [0.1, 0.15) is 24.5 Å². The van der Waals surface area contributed by atoms with E-state index < -0.39 is 5.97 Å². The lowest BCUT2D eigenvalue weighted by atomic mass is 9.95. The topological polar surface area (TPSA) is 37.3 Å². The van der Waals surface area contributed by atoms with E-state index in [0.29, 0.717) is 6.42 Å². The fraction of sp³-hybridized carbons (Fsp3) is 0.417. The van der Waals surface area contributed by atoms with Gasteiger partial charge < -0.3 is 5.11 Å². The van der Waals surface area contributed by atoms with E-state index in [1.165, 1.54) is 12.1 Å². The smallest absolute Gasteiger partial charge is 0.303 e. The minimum atomic E-state index is -0.790. The zero-order chi connectivity index (χ0) is 11.4. The number of carboxylic acid groups (broad SMARTS) is 1. The number of benzene rings is 1. The SMILES string of the molecule is Cc1cc(F)ccc1CC(C)CC(=O)O. The molecule has 0 aliphatic rings. The standard InChI is InChI=1S/C12H15FO2/c1-8(6-12(14)15)5-10-3-4-11(13)7-9(10)2/h3-4,7-8H,5-6H2,1-2H3,(H,14,15). The lowest BCUT2D eigenvalue weighted by molar-refractivity contribution is -0.137. The van der Waals surface area contributed by atoms with Gasteiger partial charge in [0.25, 0.3) is 0 Å². The van der Waals surface area contributed by atoms with E-state index in [9.17, 15) is 9.18 Å². The van der Waals surface area contributed by atoms with E-state index in [1.807, 2.05) is 13.8 Å². The Morgan fingerprint density at radius 3 is 2.73 bits per heavy atom. The second-order valence-electron chi connectivity index (χ2n) is 3.98. The molecular weight excluding hydrogens is 195 g/mol. The third kappa shape index (κ3) is 3.70. The molecule has 82 valence electrons. The maximum absolute atomic E-state index is 12.8. The largest absolute Gasteiger partial charge is 0.481 e. The van der Waals surface area contributed by atoms with Crippen LogP contribution in [0.5, 0.6) is 0 Å². The van der Waals surface area contributed by atoms with E-state index in [1.54, 1.807) is 6.07 Å². The second-order valence-corrected chi connectivity index (χ2v) is 3.98. The molecule has 1 aromatic rings. The molecule has 0 radical (unpaired) electrons. The Morgan fingerprint density at radius 1 is 1.53 bits per heavy atom. The molecule has 0 spiro atoms. The molecule has 0 saturated carbocycles. The molecule has 2 nitrogen and oxygen atoms in total. The molecule has 0 bridgehead atoms. The Balaban J connectivity index is 2.68. The lowest BCUT2D eigenvalue weighted by Gasteiger charge is -2.10. The number of aryl methyl sites for hydroxylation is 1. The molecule has 0 amide bonds. The van der Waals surface area contributed by atoms with Crippen molar-refractivity contribution in [2.24, 2.45) is 5.92 Å². The Morgan fingerprint density at radius 2 is 2.20 bits per heavy atom. The summed E-state index contributed by atoms with van der Waals surface area (Å²) in [4.78, 5) is 10.5. The van der Waals surface area contributed by atoms with Gasteiger partial charge in [-0.15, -0.1) is 0 Å². The van der Waals surface area contributed by atoms with Crippen molar-refractivity contribution in [3.8, 4) is 0 Å². The van der Waals surface area contributed by atoms with Crippen LogP contribution in [0, 0.1) is 18.7 Å². The van der Waals surface area contributed by atoms with E-state index >= 15 is 0 Å². The number of carboxylic acids is 1. The summed E-state index contributed by atoms with van der Waals surface area (Å²) in [6, 6.07) is 4.61. The molecular formula is C12H15FO2. The third-order valence-corrected chi connectivity index (χ3v) is 2.40. The zero-order valence-corrected chi connectivity index (χ0v) is 8.96. The van der Waals surface area contributed by atoms with Crippen LogP contribution in [0.4, 0.5) is 4.39 Å². The van der Waals surface area contributed by atoms with E-state index in [2.05, 4.69) is 0 Å². The first-order valence-corrected chi connectivity index (χ1v) is 4.96.